The van der Waals surface area contributed by atoms with Crippen molar-refractivity contribution >= 4 is 28.1 Å². The van der Waals surface area contributed by atoms with E-state index in [1.54, 1.807) is 31.4 Å². The molecule has 0 radical (unpaired) electrons. The number of ether oxygens (including phenoxy) is 2. The minimum atomic E-state index is -0.374. The van der Waals surface area contributed by atoms with Crippen LogP contribution in [0.25, 0.3) is 0 Å². The lowest BCUT2D eigenvalue weighted by Gasteiger charge is -2.09. The highest BCUT2D eigenvalue weighted by Gasteiger charge is 2.12. The van der Waals surface area contributed by atoms with Gasteiger partial charge in [0.1, 0.15) is 18.1 Å². The lowest BCUT2D eigenvalue weighted by Crippen LogP contribution is -2.19. The lowest BCUT2D eigenvalue weighted by atomic mass is 10.2. The van der Waals surface area contributed by atoms with Crippen molar-refractivity contribution in [1.29, 1.82) is 0 Å². The number of hydrogen-bond donors (Lipinski definition) is 1. The van der Waals surface area contributed by atoms with E-state index in [0.717, 1.165) is 10.0 Å². The average Bonchev–Trinajstić information content (AvgIpc) is 2.61. The van der Waals surface area contributed by atoms with Gasteiger partial charge in [-0.15, -0.1) is 0 Å². The summed E-state index contributed by atoms with van der Waals surface area (Å²) in [6.45, 7) is 3.91. The molecule has 6 heteroatoms. The van der Waals surface area contributed by atoms with Gasteiger partial charge in [-0.25, -0.2) is 5.43 Å². The van der Waals surface area contributed by atoms with E-state index in [2.05, 4.69) is 33.0 Å². The van der Waals surface area contributed by atoms with Gasteiger partial charge in [0.15, 0.2) is 0 Å². The SMILES string of the molecule is C=CCOc1ccc(Br)cc1C(=O)N/N=C\c1ccccc1OC. The van der Waals surface area contributed by atoms with Crippen LogP contribution in [0.2, 0.25) is 0 Å². The molecule has 2 aromatic rings. The molecule has 5 nitrogen and oxygen atoms in total. The Morgan fingerprint density at radius 1 is 1.29 bits per heavy atom. The van der Waals surface area contributed by atoms with E-state index >= 15 is 0 Å². The normalized spacial score (nSPS) is 10.4. The molecule has 0 bridgehead atoms. The van der Waals surface area contributed by atoms with Crippen LogP contribution in [0.4, 0.5) is 0 Å². The summed E-state index contributed by atoms with van der Waals surface area (Å²) in [7, 11) is 1.58. The highest BCUT2D eigenvalue weighted by Crippen LogP contribution is 2.23. The predicted molar refractivity (Wildman–Crippen MR) is 97.9 cm³/mol. The van der Waals surface area contributed by atoms with Crippen LogP contribution in [-0.4, -0.2) is 25.8 Å². The van der Waals surface area contributed by atoms with Gasteiger partial charge < -0.3 is 9.47 Å². The average molecular weight is 389 g/mol. The zero-order valence-corrected chi connectivity index (χ0v) is 14.7. The van der Waals surface area contributed by atoms with Crippen LogP contribution in [0.1, 0.15) is 15.9 Å². The molecule has 0 aliphatic carbocycles. The van der Waals surface area contributed by atoms with Crippen molar-refractivity contribution in [3.8, 4) is 11.5 Å². The van der Waals surface area contributed by atoms with Crippen LogP contribution in [0.15, 0.2) is 64.7 Å². The Morgan fingerprint density at radius 2 is 2.08 bits per heavy atom. The highest BCUT2D eigenvalue weighted by atomic mass is 79.9. The second-order valence-corrected chi connectivity index (χ2v) is 5.60. The molecule has 2 rings (SSSR count). The number of hydrazone groups is 1. The zero-order chi connectivity index (χ0) is 17.4. The molecule has 0 fully saturated rings. The van der Waals surface area contributed by atoms with Crippen LogP contribution in [0, 0.1) is 0 Å². The molecule has 2 aromatic carbocycles. The molecule has 0 atom stereocenters. The summed E-state index contributed by atoms with van der Waals surface area (Å²) in [5.74, 6) is 0.762. The van der Waals surface area contributed by atoms with Crippen molar-refractivity contribution in [3.63, 3.8) is 0 Å². The molecule has 1 N–H and O–H groups in total. The van der Waals surface area contributed by atoms with Crippen molar-refractivity contribution in [2.45, 2.75) is 0 Å². The summed E-state index contributed by atoms with van der Waals surface area (Å²) in [4.78, 5) is 12.3. The van der Waals surface area contributed by atoms with E-state index in [1.165, 1.54) is 6.21 Å². The fraction of sp³-hybridized carbons (Fsp3) is 0.111. The largest absolute Gasteiger partial charge is 0.496 e. The van der Waals surface area contributed by atoms with E-state index in [-0.39, 0.29) is 5.91 Å². The molecular formula is C18H17BrN2O3. The number of methoxy groups -OCH3 is 1. The van der Waals surface area contributed by atoms with E-state index in [1.807, 2.05) is 24.3 Å². The second kappa shape index (κ2) is 8.88. The Morgan fingerprint density at radius 3 is 2.83 bits per heavy atom. The number of halogens is 1. The summed E-state index contributed by atoms with van der Waals surface area (Å²) in [5.41, 5.74) is 3.63. The molecule has 0 aliphatic heterocycles. The standard InChI is InChI=1S/C18H17BrN2O3/c1-3-10-24-17-9-8-14(19)11-15(17)18(22)21-20-12-13-6-4-5-7-16(13)23-2/h3-9,11-12H,1,10H2,2H3,(H,21,22)/b20-12-. The van der Waals surface area contributed by atoms with Crippen LogP contribution in [0.5, 0.6) is 11.5 Å². The van der Waals surface area contributed by atoms with Gasteiger partial charge in [-0.05, 0) is 30.3 Å². The molecular weight excluding hydrogens is 372 g/mol. The van der Waals surface area contributed by atoms with Gasteiger partial charge in [0, 0.05) is 10.0 Å². The number of rotatable bonds is 7. The number of nitrogens with one attached hydrogen (secondary N) is 1. The molecule has 0 aromatic heterocycles. The Kier molecular flexibility index (Phi) is 6.57. The van der Waals surface area contributed by atoms with Gasteiger partial charge in [-0.3, -0.25) is 4.79 Å². The Labute approximate surface area is 149 Å². The second-order valence-electron chi connectivity index (χ2n) is 4.68. The maximum absolute atomic E-state index is 12.3. The topological polar surface area (TPSA) is 59.9 Å². The van der Waals surface area contributed by atoms with Crippen LogP contribution in [-0.2, 0) is 0 Å². The number of para-hydroxylation sites is 1. The summed E-state index contributed by atoms with van der Waals surface area (Å²) in [6, 6.07) is 12.6. The van der Waals surface area contributed by atoms with Gasteiger partial charge >= 0.3 is 0 Å². The quantitative estimate of drug-likeness (QED) is 0.445. The Balaban J connectivity index is 2.13. The van der Waals surface area contributed by atoms with Crippen molar-refractivity contribution in [3.05, 3.63) is 70.7 Å². The van der Waals surface area contributed by atoms with E-state index in [9.17, 15) is 4.79 Å². The predicted octanol–water partition coefficient (Wildman–Crippen LogP) is 3.79. The molecule has 0 heterocycles. The molecule has 0 saturated heterocycles. The first-order valence-electron chi connectivity index (χ1n) is 7.15. The minimum Gasteiger partial charge on any atom is -0.496 e. The maximum atomic E-state index is 12.3. The first-order chi connectivity index (χ1) is 11.7. The lowest BCUT2D eigenvalue weighted by molar-refractivity contribution is 0.0951. The third-order valence-corrected chi connectivity index (χ3v) is 3.54. The number of amides is 1. The van der Waals surface area contributed by atoms with Gasteiger partial charge in [-0.1, -0.05) is 40.7 Å². The summed E-state index contributed by atoms with van der Waals surface area (Å²) < 4.78 is 11.5. The first-order valence-corrected chi connectivity index (χ1v) is 7.94. The van der Waals surface area contributed by atoms with Crippen molar-refractivity contribution in [2.24, 2.45) is 5.10 Å². The summed E-state index contributed by atoms with van der Waals surface area (Å²) in [5, 5.41) is 3.98. The molecule has 0 saturated carbocycles. The van der Waals surface area contributed by atoms with Gasteiger partial charge in [0.25, 0.3) is 5.91 Å². The van der Waals surface area contributed by atoms with Crippen LogP contribution in [0.3, 0.4) is 0 Å². The summed E-state index contributed by atoms with van der Waals surface area (Å²) in [6.07, 6.45) is 3.14. The third kappa shape index (κ3) is 4.70. The number of benzene rings is 2. The third-order valence-electron chi connectivity index (χ3n) is 3.05. The molecule has 0 spiro atoms. The van der Waals surface area contributed by atoms with Crippen molar-refractivity contribution in [2.75, 3.05) is 13.7 Å². The van der Waals surface area contributed by atoms with Crippen molar-refractivity contribution in [1.82, 2.24) is 5.43 Å². The molecule has 1 amide bonds. The molecule has 0 unspecified atom stereocenters. The number of hydrogen-bond acceptors (Lipinski definition) is 4. The van der Waals surface area contributed by atoms with E-state index in [0.29, 0.717) is 23.7 Å². The van der Waals surface area contributed by atoms with E-state index < -0.39 is 0 Å². The first kappa shape index (κ1) is 17.7. The molecule has 0 aliphatic rings. The highest BCUT2D eigenvalue weighted by molar-refractivity contribution is 9.10. The molecule has 124 valence electrons. The zero-order valence-electron chi connectivity index (χ0n) is 13.2. The fourth-order valence-electron chi connectivity index (χ4n) is 1.95. The van der Waals surface area contributed by atoms with Gasteiger partial charge in [0.05, 0.1) is 18.9 Å². The monoisotopic (exact) mass is 388 g/mol. The summed E-state index contributed by atoms with van der Waals surface area (Å²) >= 11 is 3.35. The number of carbonyl (C=O) groups excluding carboxylic acids is 1. The molecule has 24 heavy (non-hydrogen) atoms. The Bertz CT molecular complexity index is 760. The van der Waals surface area contributed by atoms with Gasteiger partial charge in [0.2, 0.25) is 0 Å². The van der Waals surface area contributed by atoms with Gasteiger partial charge in [-0.2, -0.15) is 5.10 Å². The van der Waals surface area contributed by atoms with Crippen LogP contribution >= 0.6 is 15.9 Å². The number of nitrogens with zero attached hydrogens (tertiary/aromatic N) is 1. The smallest absolute Gasteiger partial charge is 0.275 e. The fourth-order valence-corrected chi connectivity index (χ4v) is 2.31. The Hall–Kier alpha value is -2.60. The minimum absolute atomic E-state index is 0.312. The van der Waals surface area contributed by atoms with E-state index in [4.69, 9.17) is 9.47 Å². The number of carbonyl (C=O) groups is 1. The van der Waals surface area contributed by atoms with Crippen LogP contribution < -0.4 is 14.9 Å². The van der Waals surface area contributed by atoms with Crippen molar-refractivity contribution < 1.29 is 14.3 Å². The maximum Gasteiger partial charge on any atom is 0.275 e.